The molecule has 0 aliphatic carbocycles. The molecule has 47 valence electrons. The van der Waals surface area contributed by atoms with Crippen LogP contribution in [-0.2, 0) is 4.74 Å². The molecule has 0 amide bonds. The van der Waals surface area contributed by atoms with Crippen LogP contribution in [0.5, 0.6) is 0 Å². The van der Waals surface area contributed by atoms with Gasteiger partial charge in [0.25, 0.3) is 0 Å². The summed E-state index contributed by atoms with van der Waals surface area (Å²) >= 11 is 0. The van der Waals surface area contributed by atoms with Gasteiger partial charge in [-0.1, -0.05) is 0 Å². The first-order valence-corrected chi connectivity index (χ1v) is 2.66. The Balaban J connectivity index is 2.22. The highest BCUT2D eigenvalue weighted by atomic mass is 16.5. The Hall–Kier alpha value is -0.120. The van der Waals surface area contributed by atoms with Crippen LogP contribution in [0.25, 0.3) is 0 Å². The Labute approximate surface area is 49.6 Å². The van der Waals surface area contributed by atoms with Gasteiger partial charge in [-0.3, -0.25) is 0 Å². The van der Waals surface area contributed by atoms with Crippen LogP contribution in [-0.4, -0.2) is 31.8 Å². The largest absolute Gasteiger partial charge is 0.378 e. The lowest BCUT2D eigenvalue weighted by atomic mass is 10.4. The highest BCUT2D eigenvalue weighted by molar-refractivity contribution is 4.81. The van der Waals surface area contributed by atoms with Crippen molar-refractivity contribution in [1.29, 1.82) is 0 Å². The Morgan fingerprint density at radius 3 is 2.88 bits per heavy atom. The Morgan fingerprint density at radius 2 is 2.62 bits per heavy atom. The first-order valence-electron chi connectivity index (χ1n) is 2.66. The lowest BCUT2D eigenvalue weighted by molar-refractivity contribution is 0.129. The summed E-state index contributed by atoms with van der Waals surface area (Å²) in [7, 11) is 3.69. The number of ether oxygens (including phenoxy) is 1. The van der Waals surface area contributed by atoms with Gasteiger partial charge in [0, 0.05) is 20.7 Å². The molecular weight excluding hydrogens is 104 g/mol. The smallest absolute Gasteiger partial charge is 0.0895 e. The van der Waals surface area contributed by atoms with E-state index in [4.69, 9.17) is 4.74 Å². The summed E-state index contributed by atoms with van der Waals surface area (Å²) in [6.45, 7) is 2.87. The lowest BCUT2D eigenvalue weighted by Gasteiger charge is -2.05. The van der Waals surface area contributed by atoms with Gasteiger partial charge < -0.3 is 4.74 Å². The SMILES string of the molecule is COC1[CH]NN(C)C1. The molecule has 1 saturated heterocycles. The van der Waals surface area contributed by atoms with Crippen LogP contribution in [0, 0.1) is 6.54 Å². The summed E-state index contributed by atoms with van der Waals surface area (Å²) in [4.78, 5) is 0. The predicted molar refractivity (Wildman–Crippen MR) is 30.9 cm³/mol. The van der Waals surface area contributed by atoms with Crippen molar-refractivity contribution in [2.45, 2.75) is 6.10 Å². The van der Waals surface area contributed by atoms with Crippen molar-refractivity contribution in [1.82, 2.24) is 10.4 Å². The van der Waals surface area contributed by atoms with E-state index in [1.54, 1.807) is 7.11 Å². The minimum atomic E-state index is 0.264. The third-order valence-corrected chi connectivity index (χ3v) is 1.24. The summed E-state index contributed by atoms with van der Waals surface area (Å²) < 4.78 is 5.02. The Morgan fingerprint density at radius 1 is 1.88 bits per heavy atom. The van der Waals surface area contributed by atoms with Crippen LogP contribution in [0.4, 0.5) is 0 Å². The first kappa shape index (κ1) is 6.01. The Kier molecular flexibility index (Phi) is 1.83. The van der Waals surface area contributed by atoms with Gasteiger partial charge in [0.05, 0.1) is 12.6 Å². The van der Waals surface area contributed by atoms with Crippen LogP contribution in [0.3, 0.4) is 0 Å². The summed E-state index contributed by atoms with van der Waals surface area (Å²) in [5, 5.41) is 1.98. The van der Waals surface area contributed by atoms with E-state index in [2.05, 4.69) is 5.43 Å². The predicted octanol–water partition coefficient (Wildman–Crippen LogP) is -0.387. The molecule has 1 rings (SSSR count). The number of nitrogens with one attached hydrogen (secondary N) is 1. The Bertz CT molecular complexity index is 76.8. The fraction of sp³-hybridized carbons (Fsp3) is 0.800. The van der Waals surface area contributed by atoms with Gasteiger partial charge >= 0.3 is 0 Å². The van der Waals surface area contributed by atoms with Crippen molar-refractivity contribution < 1.29 is 4.74 Å². The van der Waals surface area contributed by atoms with E-state index in [1.807, 2.05) is 18.6 Å². The molecule has 1 radical (unpaired) electrons. The molecule has 3 nitrogen and oxygen atoms in total. The molecular formula is C5H11N2O. The number of methoxy groups -OCH3 is 1. The maximum atomic E-state index is 5.02. The minimum Gasteiger partial charge on any atom is -0.378 e. The molecule has 1 aliphatic heterocycles. The van der Waals surface area contributed by atoms with Gasteiger partial charge in [0.2, 0.25) is 0 Å². The van der Waals surface area contributed by atoms with Crippen LogP contribution in [0.1, 0.15) is 0 Å². The molecule has 0 spiro atoms. The zero-order valence-corrected chi connectivity index (χ0v) is 5.22. The van der Waals surface area contributed by atoms with Crippen molar-refractivity contribution in [3.63, 3.8) is 0 Å². The van der Waals surface area contributed by atoms with E-state index in [0.717, 1.165) is 6.54 Å². The van der Waals surface area contributed by atoms with Gasteiger partial charge in [-0.05, 0) is 0 Å². The number of nitrogens with zero attached hydrogens (tertiary/aromatic N) is 1. The highest BCUT2D eigenvalue weighted by Crippen LogP contribution is 2.01. The molecule has 0 bridgehead atoms. The molecule has 0 aromatic heterocycles. The second kappa shape index (κ2) is 2.44. The fourth-order valence-electron chi connectivity index (χ4n) is 0.728. The quantitative estimate of drug-likeness (QED) is 0.504. The highest BCUT2D eigenvalue weighted by Gasteiger charge is 2.17. The van der Waals surface area contributed by atoms with Crippen LogP contribution in [0.2, 0.25) is 0 Å². The number of rotatable bonds is 1. The average molecular weight is 115 g/mol. The van der Waals surface area contributed by atoms with Gasteiger partial charge in [0.15, 0.2) is 0 Å². The monoisotopic (exact) mass is 115 g/mol. The van der Waals surface area contributed by atoms with Crippen molar-refractivity contribution in [2.75, 3.05) is 20.7 Å². The third-order valence-electron chi connectivity index (χ3n) is 1.24. The molecule has 0 aromatic carbocycles. The molecule has 1 aliphatic rings. The maximum absolute atomic E-state index is 5.02. The normalized spacial score (nSPS) is 31.5. The summed E-state index contributed by atoms with van der Waals surface area (Å²) in [5.74, 6) is 0. The van der Waals surface area contributed by atoms with Crippen molar-refractivity contribution >= 4 is 0 Å². The summed E-state index contributed by atoms with van der Waals surface area (Å²) in [6.07, 6.45) is 0.264. The van der Waals surface area contributed by atoms with E-state index in [0.29, 0.717) is 0 Å². The minimum absolute atomic E-state index is 0.264. The van der Waals surface area contributed by atoms with E-state index >= 15 is 0 Å². The second-order valence-electron chi connectivity index (χ2n) is 1.95. The molecule has 0 aromatic rings. The van der Waals surface area contributed by atoms with E-state index < -0.39 is 0 Å². The fourth-order valence-corrected chi connectivity index (χ4v) is 0.728. The number of likely N-dealkylation sites (N-methyl/N-ethyl adjacent to an activating group) is 1. The zero-order chi connectivity index (χ0) is 5.98. The molecule has 1 atom stereocenters. The third kappa shape index (κ3) is 1.18. The zero-order valence-electron chi connectivity index (χ0n) is 5.22. The topological polar surface area (TPSA) is 24.5 Å². The van der Waals surface area contributed by atoms with Crippen molar-refractivity contribution in [2.24, 2.45) is 0 Å². The standard InChI is InChI=1S/C5H11N2O/c1-7-4-5(8-2)3-6-7/h3,5-6H,4H2,1-2H3. The van der Waals surface area contributed by atoms with E-state index in [9.17, 15) is 0 Å². The van der Waals surface area contributed by atoms with Gasteiger partial charge in [-0.15, -0.1) is 0 Å². The average Bonchev–Trinajstić information content (AvgIpc) is 2.14. The van der Waals surface area contributed by atoms with Crippen LogP contribution < -0.4 is 5.43 Å². The molecule has 1 heterocycles. The summed E-state index contributed by atoms with van der Waals surface area (Å²) in [6, 6.07) is 0. The lowest BCUT2D eigenvalue weighted by Crippen LogP contribution is -2.24. The van der Waals surface area contributed by atoms with Crippen molar-refractivity contribution in [3.05, 3.63) is 6.54 Å². The summed E-state index contributed by atoms with van der Waals surface area (Å²) in [5.41, 5.74) is 3.00. The van der Waals surface area contributed by atoms with E-state index in [1.165, 1.54) is 0 Å². The molecule has 8 heavy (non-hydrogen) atoms. The van der Waals surface area contributed by atoms with Crippen molar-refractivity contribution in [3.8, 4) is 0 Å². The van der Waals surface area contributed by atoms with E-state index in [-0.39, 0.29) is 6.10 Å². The molecule has 3 heteroatoms. The maximum Gasteiger partial charge on any atom is 0.0895 e. The number of hydrogen-bond donors (Lipinski definition) is 1. The van der Waals surface area contributed by atoms with Crippen LogP contribution >= 0.6 is 0 Å². The molecule has 1 unspecified atom stereocenters. The molecule has 0 saturated carbocycles. The van der Waals surface area contributed by atoms with Crippen LogP contribution in [0.15, 0.2) is 0 Å². The van der Waals surface area contributed by atoms with Gasteiger partial charge in [0.1, 0.15) is 0 Å². The van der Waals surface area contributed by atoms with Gasteiger partial charge in [-0.2, -0.15) is 0 Å². The number of hydrogen-bond acceptors (Lipinski definition) is 3. The second-order valence-corrected chi connectivity index (χ2v) is 1.95. The van der Waals surface area contributed by atoms with Gasteiger partial charge in [-0.25, -0.2) is 10.4 Å². The number of hydrazine groups is 1. The molecule has 1 N–H and O–H groups in total. The first-order chi connectivity index (χ1) is 3.83. The molecule has 1 fully saturated rings.